The van der Waals surface area contributed by atoms with Gasteiger partial charge in [0.2, 0.25) is 5.88 Å². The predicted octanol–water partition coefficient (Wildman–Crippen LogP) is 1.63. The topological polar surface area (TPSA) is 83.7 Å². The van der Waals surface area contributed by atoms with Gasteiger partial charge in [-0.25, -0.2) is 0 Å². The highest BCUT2D eigenvalue weighted by atomic mass is 16.3. The molecule has 2 aromatic rings. The number of nitrogens with zero attached hydrogens (tertiary/aromatic N) is 2. The number of aryl methyl sites for hydroxylation is 1. The summed E-state index contributed by atoms with van der Waals surface area (Å²) in [5.74, 6) is -1.12. The van der Waals surface area contributed by atoms with Crippen molar-refractivity contribution in [3.05, 3.63) is 39.8 Å². The summed E-state index contributed by atoms with van der Waals surface area (Å²) in [4.78, 5) is 28.2. The van der Waals surface area contributed by atoms with Crippen molar-refractivity contribution in [2.24, 2.45) is 0 Å². The van der Waals surface area contributed by atoms with Gasteiger partial charge in [-0.15, -0.1) is 0 Å². The molecule has 21 heavy (non-hydrogen) atoms. The van der Waals surface area contributed by atoms with Gasteiger partial charge in [0, 0.05) is 12.7 Å². The summed E-state index contributed by atoms with van der Waals surface area (Å²) in [5, 5.41) is 12.5. The lowest BCUT2D eigenvalue weighted by Crippen LogP contribution is -2.32. The monoisotopic (exact) mass is 289 g/mol. The van der Waals surface area contributed by atoms with Gasteiger partial charge in [-0.05, 0) is 31.0 Å². The van der Waals surface area contributed by atoms with E-state index < -0.39 is 17.3 Å². The molecule has 2 rings (SSSR count). The Morgan fingerprint density at radius 3 is 2.90 bits per heavy atom. The third-order valence-electron chi connectivity index (χ3n) is 3.26. The fraction of sp³-hybridized carbons (Fsp3) is 0.400. The van der Waals surface area contributed by atoms with Crippen LogP contribution in [0.5, 0.6) is 5.88 Å². The normalized spacial score (nSPS) is 10.8. The van der Waals surface area contributed by atoms with Crippen LogP contribution >= 0.6 is 0 Å². The third-order valence-corrected chi connectivity index (χ3v) is 3.26. The molecule has 0 aliphatic rings. The Kier molecular flexibility index (Phi) is 4.57. The smallest absolute Gasteiger partial charge is 0.274 e. The van der Waals surface area contributed by atoms with Crippen LogP contribution < -0.4 is 10.9 Å². The first-order chi connectivity index (χ1) is 10.0. The molecule has 6 nitrogen and oxygen atoms in total. The minimum Gasteiger partial charge on any atom is -0.493 e. The van der Waals surface area contributed by atoms with Crippen molar-refractivity contribution < 1.29 is 9.90 Å². The van der Waals surface area contributed by atoms with Gasteiger partial charge in [0.25, 0.3) is 11.5 Å². The Hall–Kier alpha value is -2.37. The minimum absolute atomic E-state index is 0.312. The molecule has 0 aliphatic heterocycles. The second-order valence-corrected chi connectivity index (χ2v) is 5.01. The van der Waals surface area contributed by atoms with E-state index in [0.717, 1.165) is 24.8 Å². The summed E-state index contributed by atoms with van der Waals surface area (Å²) in [6.45, 7) is 4.40. The van der Waals surface area contributed by atoms with Gasteiger partial charge in [-0.1, -0.05) is 19.8 Å². The van der Waals surface area contributed by atoms with E-state index in [4.69, 9.17) is 0 Å². The zero-order chi connectivity index (χ0) is 15.4. The molecule has 0 aromatic carbocycles. The Balaban J connectivity index is 2.33. The lowest BCUT2D eigenvalue weighted by atomic mass is 10.2. The van der Waals surface area contributed by atoms with Crippen molar-refractivity contribution in [1.82, 2.24) is 14.7 Å². The number of aromatic hydroxyl groups is 1. The number of hydrogen-bond acceptors (Lipinski definition) is 4. The van der Waals surface area contributed by atoms with Crippen LogP contribution in [0.4, 0.5) is 0 Å². The maximum atomic E-state index is 12.3. The molecule has 0 fully saturated rings. The average Bonchev–Trinajstić information content (AvgIpc) is 2.43. The van der Waals surface area contributed by atoms with Gasteiger partial charge < -0.3 is 10.4 Å². The number of fused-ring (bicyclic) bond motifs is 1. The number of carbonyl (C=O) groups excluding carboxylic acids is 1. The van der Waals surface area contributed by atoms with Crippen molar-refractivity contribution in [3.8, 4) is 5.88 Å². The van der Waals surface area contributed by atoms with E-state index in [1.165, 1.54) is 4.40 Å². The molecule has 2 heterocycles. The highest BCUT2D eigenvalue weighted by Crippen LogP contribution is 2.12. The molecule has 0 radical (unpaired) electrons. The standard InChI is InChI=1S/C15H19N3O3/c1-3-4-5-7-16-13(19)12-14(20)17-11-9-10(2)6-8-18(11)15(12)21/h6,8-9,20H,3-5,7H2,1-2H3,(H,16,19). The lowest BCUT2D eigenvalue weighted by Gasteiger charge is -2.08. The first-order valence-electron chi connectivity index (χ1n) is 7.04. The molecule has 0 saturated carbocycles. The number of hydrogen-bond donors (Lipinski definition) is 2. The minimum atomic E-state index is -0.587. The molecule has 0 saturated heterocycles. The summed E-state index contributed by atoms with van der Waals surface area (Å²) < 4.78 is 1.26. The molecule has 1 amide bonds. The van der Waals surface area contributed by atoms with Gasteiger partial charge >= 0.3 is 0 Å². The van der Waals surface area contributed by atoms with Gasteiger partial charge in [-0.2, -0.15) is 4.98 Å². The lowest BCUT2D eigenvalue weighted by molar-refractivity contribution is 0.0948. The molecular formula is C15H19N3O3. The van der Waals surface area contributed by atoms with Crippen LogP contribution in [0, 0.1) is 6.92 Å². The Morgan fingerprint density at radius 2 is 2.19 bits per heavy atom. The summed E-state index contributed by atoms with van der Waals surface area (Å²) in [7, 11) is 0. The molecule has 0 unspecified atom stereocenters. The van der Waals surface area contributed by atoms with E-state index in [0.29, 0.717) is 12.2 Å². The van der Waals surface area contributed by atoms with E-state index >= 15 is 0 Å². The Labute approximate surface area is 122 Å². The first-order valence-corrected chi connectivity index (χ1v) is 7.04. The SMILES string of the molecule is CCCCCNC(=O)c1c(O)nc2cc(C)ccn2c1=O. The van der Waals surface area contributed by atoms with Crippen molar-refractivity contribution in [3.63, 3.8) is 0 Å². The fourth-order valence-corrected chi connectivity index (χ4v) is 2.09. The largest absolute Gasteiger partial charge is 0.493 e. The van der Waals surface area contributed by atoms with E-state index in [9.17, 15) is 14.7 Å². The summed E-state index contributed by atoms with van der Waals surface area (Å²) >= 11 is 0. The van der Waals surface area contributed by atoms with E-state index in [-0.39, 0.29) is 5.56 Å². The van der Waals surface area contributed by atoms with Crippen LogP contribution in [0.15, 0.2) is 23.1 Å². The van der Waals surface area contributed by atoms with E-state index in [2.05, 4.69) is 17.2 Å². The van der Waals surface area contributed by atoms with Crippen LogP contribution in [0.2, 0.25) is 0 Å². The van der Waals surface area contributed by atoms with Crippen molar-refractivity contribution in [2.45, 2.75) is 33.1 Å². The van der Waals surface area contributed by atoms with Crippen molar-refractivity contribution in [2.75, 3.05) is 6.54 Å². The van der Waals surface area contributed by atoms with Crippen LogP contribution in [0.25, 0.3) is 5.65 Å². The molecule has 0 atom stereocenters. The second-order valence-electron chi connectivity index (χ2n) is 5.01. The highest BCUT2D eigenvalue weighted by molar-refractivity contribution is 5.96. The van der Waals surface area contributed by atoms with Crippen LogP contribution in [0.3, 0.4) is 0 Å². The number of pyridine rings is 1. The summed E-state index contributed by atoms with van der Waals surface area (Å²) in [5.41, 5.74) is 0.358. The molecule has 112 valence electrons. The maximum Gasteiger partial charge on any atom is 0.274 e. The van der Waals surface area contributed by atoms with Gasteiger partial charge in [-0.3, -0.25) is 14.0 Å². The van der Waals surface area contributed by atoms with Crippen molar-refractivity contribution >= 4 is 11.6 Å². The van der Waals surface area contributed by atoms with Gasteiger partial charge in [0.15, 0.2) is 5.56 Å². The number of unbranched alkanes of at least 4 members (excludes halogenated alkanes) is 2. The summed E-state index contributed by atoms with van der Waals surface area (Å²) in [6, 6.07) is 3.42. The zero-order valence-corrected chi connectivity index (χ0v) is 12.2. The maximum absolute atomic E-state index is 12.3. The number of nitrogens with one attached hydrogen (secondary N) is 1. The number of rotatable bonds is 5. The quantitative estimate of drug-likeness (QED) is 0.819. The molecule has 6 heteroatoms. The molecule has 2 N–H and O–H groups in total. The Bertz CT molecular complexity index is 722. The second kappa shape index (κ2) is 6.39. The zero-order valence-electron chi connectivity index (χ0n) is 12.2. The number of aromatic nitrogens is 2. The summed E-state index contributed by atoms with van der Waals surface area (Å²) in [6.07, 6.45) is 4.43. The molecule has 0 spiro atoms. The number of carbonyl (C=O) groups is 1. The van der Waals surface area contributed by atoms with E-state index in [1.807, 2.05) is 6.92 Å². The van der Waals surface area contributed by atoms with Crippen molar-refractivity contribution in [1.29, 1.82) is 0 Å². The first kappa shape index (κ1) is 15.0. The van der Waals surface area contributed by atoms with Crippen LogP contribution in [-0.4, -0.2) is 26.9 Å². The average molecular weight is 289 g/mol. The van der Waals surface area contributed by atoms with Crippen LogP contribution in [-0.2, 0) is 0 Å². The Morgan fingerprint density at radius 1 is 1.43 bits per heavy atom. The molecule has 2 aromatic heterocycles. The fourth-order valence-electron chi connectivity index (χ4n) is 2.09. The highest BCUT2D eigenvalue weighted by Gasteiger charge is 2.19. The van der Waals surface area contributed by atoms with Gasteiger partial charge in [0.1, 0.15) is 5.65 Å². The van der Waals surface area contributed by atoms with E-state index in [1.54, 1.807) is 18.3 Å². The van der Waals surface area contributed by atoms with Gasteiger partial charge in [0.05, 0.1) is 0 Å². The third kappa shape index (κ3) is 3.21. The number of amides is 1. The molecule has 0 aliphatic carbocycles. The molecule has 0 bridgehead atoms. The molecular weight excluding hydrogens is 270 g/mol. The van der Waals surface area contributed by atoms with Crippen LogP contribution in [0.1, 0.15) is 42.1 Å². The predicted molar refractivity (Wildman–Crippen MR) is 79.7 cm³/mol.